The summed E-state index contributed by atoms with van der Waals surface area (Å²) in [5.41, 5.74) is 12.8. The minimum atomic E-state index is -0.335. The average Bonchev–Trinajstić information content (AvgIpc) is 2.66. The Hall–Kier alpha value is -2.38. The van der Waals surface area contributed by atoms with Crippen molar-refractivity contribution in [2.45, 2.75) is 25.4 Å². The molecule has 5 rings (SSSR count). The van der Waals surface area contributed by atoms with E-state index >= 15 is 0 Å². The zero-order chi connectivity index (χ0) is 19.0. The van der Waals surface area contributed by atoms with E-state index in [9.17, 15) is 4.79 Å². The number of benzene rings is 1. The van der Waals surface area contributed by atoms with Crippen LogP contribution in [0.15, 0.2) is 30.3 Å². The number of nitrogens with one attached hydrogen (secondary N) is 1. The summed E-state index contributed by atoms with van der Waals surface area (Å²) in [4.78, 5) is 20.7. The first-order valence-corrected chi connectivity index (χ1v) is 9.62. The molecule has 8 heteroatoms. The summed E-state index contributed by atoms with van der Waals surface area (Å²) in [6.07, 6.45) is 2.23. The summed E-state index contributed by atoms with van der Waals surface area (Å²) in [6.45, 7) is 4.22. The van der Waals surface area contributed by atoms with Gasteiger partial charge in [0.2, 0.25) is 0 Å². The predicted molar refractivity (Wildman–Crippen MR) is 105 cm³/mol. The first kappa shape index (κ1) is 18.0. The minimum absolute atomic E-state index is 0.00357. The molecule has 5 N–H and O–H groups in total. The molecule has 3 fully saturated rings. The normalized spacial score (nSPS) is 26.7. The van der Waals surface area contributed by atoms with Crippen LogP contribution in [0.2, 0.25) is 5.15 Å². The van der Waals surface area contributed by atoms with Crippen LogP contribution in [0.4, 0.5) is 11.6 Å². The van der Waals surface area contributed by atoms with Gasteiger partial charge in [-0.25, -0.2) is 9.97 Å². The Balaban J connectivity index is 1.50. The van der Waals surface area contributed by atoms with Crippen LogP contribution in [-0.4, -0.2) is 46.0 Å². The number of aromatic nitrogens is 2. The topological polar surface area (TPSA) is 107 Å². The van der Waals surface area contributed by atoms with E-state index in [1.165, 1.54) is 5.56 Å². The molecule has 1 atom stereocenters. The minimum Gasteiger partial charge on any atom is -0.382 e. The maximum Gasteiger partial charge on any atom is 0.274 e. The number of hydrogen-bond acceptors (Lipinski definition) is 5. The number of piperidine rings is 3. The van der Waals surface area contributed by atoms with E-state index in [2.05, 4.69) is 39.6 Å². The standard InChI is InChI=1S/C19H23ClN6O/c20-16-18(22)25-17(21)15(24-16)19(27)23-14-11-26(8-6-13(14)7-9-26)10-12-4-2-1-3-5-12/h1-5,13-14H,6-11H2,(H4-,21,22,23,25,27)/p+1. The lowest BCUT2D eigenvalue weighted by Crippen LogP contribution is -2.66. The van der Waals surface area contributed by atoms with Crippen LogP contribution in [0.3, 0.4) is 0 Å². The fourth-order valence-electron chi connectivity index (χ4n) is 4.49. The number of quaternary nitrogens is 1. The smallest absolute Gasteiger partial charge is 0.274 e. The molecule has 3 saturated heterocycles. The lowest BCUT2D eigenvalue weighted by Gasteiger charge is -2.52. The third kappa shape index (κ3) is 3.57. The number of halogens is 1. The van der Waals surface area contributed by atoms with Crippen LogP contribution in [0, 0.1) is 5.92 Å². The maximum absolute atomic E-state index is 12.7. The van der Waals surface area contributed by atoms with E-state index in [0.717, 1.165) is 43.5 Å². The van der Waals surface area contributed by atoms with E-state index < -0.39 is 0 Å². The summed E-state index contributed by atoms with van der Waals surface area (Å²) in [7, 11) is 0. The van der Waals surface area contributed by atoms with Gasteiger partial charge < -0.3 is 21.3 Å². The van der Waals surface area contributed by atoms with Crippen molar-refractivity contribution < 1.29 is 9.28 Å². The van der Waals surface area contributed by atoms with Gasteiger partial charge in [-0.1, -0.05) is 41.9 Å². The lowest BCUT2D eigenvalue weighted by atomic mass is 9.81. The Bertz CT molecular complexity index is 851. The SMILES string of the molecule is Nc1nc(N)c(C(=O)NC2C[N+]3(Cc4ccccc4)CCC2CC3)nc1Cl. The monoisotopic (exact) mass is 387 g/mol. The zero-order valence-corrected chi connectivity index (χ0v) is 15.8. The van der Waals surface area contributed by atoms with Crippen LogP contribution in [0.25, 0.3) is 0 Å². The number of nitrogen functional groups attached to an aromatic ring is 2. The number of rotatable bonds is 4. The van der Waals surface area contributed by atoms with Crippen LogP contribution in [-0.2, 0) is 6.54 Å². The second kappa shape index (κ2) is 6.98. The Labute approximate surface area is 163 Å². The second-order valence-electron chi connectivity index (χ2n) is 7.67. The van der Waals surface area contributed by atoms with Crippen LogP contribution in [0.1, 0.15) is 28.9 Å². The van der Waals surface area contributed by atoms with Gasteiger partial charge in [-0.2, -0.15) is 0 Å². The fourth-order valence-corrected chi connectivity index (χ4v) is 4.62. The molecular weight excluding hydrogens is 364 g/mol. The van der Waals surface area contributed by atoms with Gasteiger partial charge in [-0.05, 0) is 5.92 Å². The molecule has 142 valence electrons. The molecule has 3 aliphatic heterocycles. The first-order chi connectivity index (χ1) is 13.0. The highest BCUT2D eigenvalue weighted by molar-refractivity contribution is 6.31. The molecule has 3 aliphatic rings. The summed E-state index contributed by atoms with van der Waals surface area (Å²) in [5, 5.41) is 3.12. The number of carbonyl (C=O) groups excluding carboxylic acids is 1. The molecule has 0 saturated carbocycles. The van der Waals surface area contributed by atoms with E-state index in [1.807, 2.05) is 6.07 Å². The maximum atomic E-state index is 12.7. The van der Waals surface area contributed by atoms with Gasteiger partial charge >= 0.3 is 0 Å². The number of nitrogens with two attached hydrogens (primary N) is 2. The number of hydrogen-bond donors (Lipinski definition) is 3. The molecule has 1 unspecified atom stereocenters. The largest absolute Gasteiger partial charge is 0.382 e. The van der Waals surface area contributed by atoms with Gasteiger partial charge in [0.25, 0.3) is 5.91 Å². The quantitative estimate of drug-likeness (QED) is 0.694. The van der Waals surface area contributed by atoms with E-state index in [4.69, 9.17) is 23.1 Å². The van der Waals surface area contributed by atoms with Crippen molar-refractivity contribution in [3.05, 3.63) is 46.7 Å². The molecule has 4 heterocycles. The molecule has 1 amide bonds. The van der Waals surface area contributed by atoms with E-state index in [1.54, 1.807) is 0 Å². The summed E-state index contributed by atoms with van der Waals surface area (Å²) in [5.74, 6) is 0.187. The highest BCUT2D eigenvalue weighted by atomic mass is 35.5. The Morgan fingerprint density at radius 2 is 1.85 bits per heavy atom. The molecule has 2 bridgehead atoms. The number of amides is 1. The zero-order valence-electron chi connectivity index (χ0n) is 15.1. The Kier molecular flexibility index (Phi) is 4.65. The molecule has 27 heavy (non-hydrogen) atoms. The van der Waals surface area contributed by atoms with Crippen molar-refractivity contribution in [3.8, 4) is 0 Å². The number of nitrogens with zero attached hydrogens (tertiary/aromatic N) is 3. The summed E-state index contributed by atoms with van der Waals surface area (Å²) in [6, 6.07) is 10.6. The van der Waals surface area contributed by atoms with Crippen molar-refractivity contribution >= 4 is 29.1 Å². The highest BCUT2D eigenvalue weighted by Crippen LogP contribution is 2.35. The molecule has 0 radical (unpaired) electrons. The first-order valence-electron chi connectivity index (χ1n) is 9.24. The van der Waals surface area contributed by atoms with Crippen molar-refractivity contribution in [2.24, 2.45) is 5.92 Å². The Morgan fingerprint density at radius 3 is 2.56 bits per heavy atom. The third-order valence-electron chi connectivity index (χ3n) is 5.90. The van der Waals surface area contributed by atoms with Crippen molar-refractivity contribution in [1.29, 1.82) is 0 Å². The third-order valence-corrected chi connectivity index (χ3v) is 6.18. The van der Waals surface area contributed by atoms with Crippen molar-refractivity contribution in [2.75, 3.05) is 31.1 Å². The van der Waals surface area contributed by atoms with Gasteiger partial charge in [0, 0.05) is 18.4 Å². The van der Waals surface area contributed by atoms with Gasteiger partial charge in [-0.15, -0.1) is 0 Å². The van der Waals surface area contributed by atoms with Crippen LogP contribution < -0.4 is 16.8 Å². The highest BCUT2D eigenvalue weighted by Gasteiger charge is 2.46. The molecule has 2 aromatic rings. The van der Waals surface area contributed by atoms with Crippen molar-refractivity contribution in [3.63, 3.8) is 0 Å². The Morgan fingerprint density at radius 1 is 1.15 bits per heavy atom. The van der Waals surface area contributed by atoms with E-state index in [0.29, 0.717) is 5.92 Å². The van der Waals surface area contributed by atoms with E-state index in [-0.39, 0.29) is 34.4 Å². The second-order valence-corrected chi connectivity index (χ2v) is 8.02. The van der Waals surface area contributed by atoms with Gasteiger partial charge in [-0.3, -0.25) is 4.79 Å². The number of carbonyl (C=O) groups is 1. The van der Waals surface area contributed by atoms with Crippen LogP contribution >= 0.6 is 11.6 Å². The number of anilines is 2. The average molecular weight is 388 g/mol. The van der Waals surface area contributed by atoms with Crippen LogP contribution in [0.5, 0.6) is 0 Å². The predicted octanol–water partition coefficient (Wildman–Crippen LogP) is 1.83. The summed E-state index contributed by atoms with van der Waals surface area (Å²) >= 11 is 5.91. The molecule has 0 spiro atoms. The fraction of sp³-hybridized carbons (Fsp3) is 0.421. The van der Waals surface area contributed by atoms with Crippen molar-refractivity contribution in [1.82, 2.24) is 15.3 Å². The molecule has 1 aromatic heterocycles. The molecule has 0 aliphatic carbocycles. The number of fused-ring (bicyclic) bond motifs is 3. The lowest BCUT2D eigenvalue weighted by molar-refractivity contribution is -0.956. The molecule has 7 nitrogen and oxygen atoms in total. The molecular formula is C19H24ClN6O+. The van der Waals surface area contributed by atoms with Gasteiger partial charge in [0.1, 0.15) is 6.54 Å². The summed E-state index contributed by atoms with van der Waals surface area (Å²) < 4.78 is 1.01. The molecule has 1 aromatic carbocycles. The van der Waals surface area contributed by atoms with Gasteiger partial charge in [0.15, 0.2) is 22.5 Å². The van der Waals surface area contributed by atoms with Gasteiger partial charge in [0.05, 0.1) is 25.7 Å².